The first-order valence-corrected chi connectivity index (χ1v) is 8.86. The van der Waals surface area contributed by atoms with Crippen LogP contribution in [-0.2, 0) is 20.9 Å². The summed E-state index contributed by atoms with van der Waals surface area (Å²) in [5.74, 6) is 0.800. The van der Waals surface area contributed by atoms with Gasteiger partial charge in [-0.05, 0) is 37.8 Å². The van der Waals surface area contributed by atoms with Crippen molar-refractivity contribution >= 4 is 24.5 Å². The molecule has 0 N–H and O–H groups in total. The first-order chi connectivity index (χ1) is 9.84. The first kappa shape index (κ1) is 17.9. The van der Waals surface area contributed by atoms with Crippen LogP contribution in [0.4, 0.5) is 4.79 Å². The number of carbonyl (C=O) groups excluding carboxylic acids is 1. The van der Waals surface area contributed by atoms with Crippen LogP contribution in [0.5, 0.6) is 11.5 Å². The Morgan fingerprint density at radius 1 is 1.19 bits per heavy atom. The van der Waals surface area contributed by atoms with E-state index >= 15 is 0 Å². The first-order valence-electron chi connectivity index (χ1n) is 6.27. The molecule has 1 amide bonds. The highest BCUT2D eigenvalue weighted by Gasteiger charge is 2.29. The third-order valence-electron chi connectivity index (χ3n) is 2.50. The smallest absolute Gasteiger partial charge is 0.422 e. The molecule has 1 aromatic rings. The Kier molecular flexibility index (Phi) is 6.61. The summed E-state index contributed by atoms with van der Waals surface area (Å²) >= 11 is 5.18. The molecule has 0 saturated heterocycles. The van der Waals surface area contributed by atoms with Gasteiger partial charge in [-0.15, -0.1) is 0 Å². The van der Waals surface area contributed by atoms with Crippen molar-refractivity contribution in [3.63, 3.8) is 0 Å². The highest BCUT2D eigenvalue weighted by Crippen LogP contribution is 2.50. The Hall–Kier alpha value is -1.14. The predicted molar refractivity (Wildman–Crippen MR) is 84.3 cm³/mol. The molecule has 0 fully saturated rings. The van der Waals surface area contributed by atoms with Gasteiger partial charge in [0.2, 0.25) is 0 Å². The van der Waals surface area contributed by atoms with Crippen LogP contribution in [0.2, 0.25) is 0 Å². The molecule has 118 valence electrons. The fraction of sp³-hybridized carbons (Fsp3) is 0.462. The third kappa shape index (κ3) is 4.68. The molecule has 0 bridgehead atoms. The molecule has 0 spiro atoms. The van der Waals surface area contributed by atoms with E-state index in [4.69, 9.17) is 30.3 Å². The third-order valence-corrected chi connectivity index (χ3v) is 5.95. The molecule has 0 aromatic heterocycles. The molecule has 0 radical (unpaired) electrons. The molecule has 0 unspecified atom stereocenters. The van der Waals surface area contributed by atoms with Crippen LogP contribution in [0, 0.1) is 0 Å². The minimum Gasteiger partial charge on any atom is -0.487 e. The van der Waals surface area contributed by atoms with Crippen molar-refractivity contribution in [1.82, 2.24) is 4.67 Å². The summed E-state index contributed by atoms with van der Waals surface area (Å²) in [6, 6.07) is 6.92. The number of nitrogens with zero attached hydrogens (tertiary/aromatic N) is 1. The summed E-state index contributed by atoms with van der Waals surface area (Å²) in [6.45, 7) is 0.922. The van der Waals surface area contributed by atoms with Crippen molar-refractivity contribution in [2.75, 3.05) is 21.3 Å². The van der Waals surface area contributed by atoms with Crippen LogP contribution in [0.15, 0.2) is 24.3 Å². The summed E-state index contributed by atoms with van der Waals surface area (Å²) in [6.07, 6.45) is -0.701. The lowest BCUT2D eigenvalue weighted by molar-refractivity contribution is 0.169. The van der Waals surface area contributed by atoms with Crippen molar-refractivity contribution < 1.29 is 23.3 Å². The zero-order valence-electron chi connectivity index (χ0n) is 12.7. The van der Waals surface area contributed by atoms with Crippen molar-refractivity contribution in [2.45, 2.75) is 20.0 Å². The van der Waals surface area contributed by atoms with Gasteiger partial charge in [-0.25, -0.2) is 9.46 Å². The van der Waals surface area contributed by atoms with E-state index in [-0.39, 0.29) is 6.10 Å². The standard InChI is InChI=1S/C13H20NO5PS/c1-10(2)18-11-8-6-7-9-12(11)19-13(15)14(3)20(21,16-4)17-5/h6-10H,1-5H3. The highest BCUT2D eigenvalue weighted by molar-refractivity contribution is 8.09. The van der Waals surface area contributed by atoms with Gasteiger partial charge in [0.25, 0.3) is 6.64 Å². The second-order valence-electron chi connectivity index (χ2n) is 4.34. The highest BCUT2D eigenvalue weighted by atomic mass is 32.5. The van der Waals surface area contributed by atoms with E-state index in [2.05, 4.69) is 0 Å². The summed E-state index contributed by atoms with van der Waals surface area (Å²) < 4.78 is 22.3. The molecule has 0 atom stereocenters. The van der Waals surface area contributed by atoms with E-state index < -0.39 is 12.7 Å². The number of hydrogen-bond acceptors (Lipinski definition) is 6. The van der Waals surface area contributed by atoms with E-state index in [1.54, 1.807) is 24.3 Å². The molecule has 1 aromatic carbocycles. The lowest BCUT2D eigenvalue weighted by atomic mass is 10.3. The molecule has 0 aliphatic heterocycles. The fourth-order valence-corrected chi connectivity index (χ4v) is 2.55. The number of amides is 1. The van der Waals surface area contributed by atoms with Crippen LogP contribution in [-0.4, -0.2) is 38.1 Å². The summed E-state index contributed by atoms with van der Waals surface area (Å²) in [5, 5.41) is 0. The van der Waals surface area contributed by atoms with Crippen molar-refractivity contribution in [1.29, 1.82) is 0 Å². The maximum absolute atomic E-state index is 12.2. The fourth-order valence-electron chi connectivity index (χ4n) is 1.47. The van der Waals surface area contributed by atoms with Gasteiger partial charge in [-0.1, -0.05) is 12.1 Å². The van der Waals surface area contributed by atoms with Crippen LogP contribution in [0.25, 0.3) is 0 Å². The summed E-state index contributed by atoms with van der Waals surface area (Å²) in [7, 11) is 4.26. The average Bonchev–Trinajstić information content (AvgIpc) is 2.47. The van der Waals surface area contributed by atoms with Gasteiger partial charge in [-0.2, -0.15) is 0 Å². The second-order valence-corrected chi connectivity index (χ2v) is 7.99. The molecule has 1 rings (SSSR count). The topological polar surface area (TPSA) is 57.2 Å². The number of rotatable bonds is 6. The molecule has 0 aliphatic rings. The Morgan fingerprint density at radius 2 is 1.71 bits per heavy atom. The summed E-state index contributed by atoms with van der Waals surface area (Å²) in [5.41, 5.74) is 0. The van der Waals surface area contributed by atoms with E-state index in [0.717, 1.165) is 4.67 Å². The molecule has 0 heterocycles. The monoisotopic (exact) mass is 333 g/mol. The lowest BCUT2D eigenvalue weighted by Gasteiger charge is -2.27. The number of para-hydroxylation sites is 2. The molecular formula is C13H20NO5PS. The van der Waals surface area contributed by atoms with Crippen LogP contribution >= 0.6 is 6.64 Å². The number of ether oxygens (including phenoxy) is 2. The van der Waals surface area contributed by atoms with Crippen molar-refractivity contribution in [3.05, 3.63) is 24.3 Å². The SMILES string of the molecule is COP(=S)(OC)N(C)C(=O)Oc1ccccc1OC(C)C. The molecule has 21 heavy (non-hydrogen) atoms. The lowest BCUT2D eigenvalue weighted by Crippen LogP contribution is -2.28. The quantitative estimate of drug-likeness (QED) is 0.744. The van der Waals surface area contributed by atoms with Crippen molar-refractivity contribution in [2.24, 2.45) is 0 Å². The molecule has 0 saturated carbocycles. The zero-order valence-corrected chi connectivity index (χ0v) is 14.4. The predicted octanol–water partition coefficient (Wildman–Crippen LogP) is 3.42. The molecular weight excluding hydrogens is 313 g/mol. The Labute approximate surface area is 130 Å². The van der Waals surface area contributed by atoms with E-state index in [0.29, 0.717) is 11.5 Å². The van der Waals surface area contributed by atoms with Crippen LogP contribution < -0.4 is 9.47 Å². The van der Waals surface area contributed by atoms with E-state index in [1.807, 2.05) is 13.8 Å². The second kappa shape index (κ2) is 7.75. The van der Waals surface area contributed by atoms with Gasteiger partial charge in [0, 0.05) is 21.3 Å². The van der Waals surface area contributed by atoms with Gasteiger partial charge >= 0.3 is 6.09 Å². The average molecular weight is 333 g/mol. The number of benzene rings is 1. The normalized spacial score (nSPS) is 11.3. The molecule has 0 aliphatic carbocycles. The minimum absolute atomic E-state index is 0.0360. The molecule has 6 nitrogen and oxygen atoms in total. The van der Waals surface area contributed by atoms with Gasteiger partial charge < -0.3 is 18.5 Å². The Balaban J connectivity index is 2.91. The van der Waals surface area contributed by atoms with Crippen LogP contribution in [0.3, 0.4) is 0 Å². The molecule has 8 heteroatoms. The van der Waals surface area contributed by atoms with Crippen LogP contribution in [0.1, 0.15) is 13.8 Å². The summed E-state index contributed by atoms with van der Waals surface area (Å²) in [4.78, 5) is 12.2. The Morgan fingerprint density at radius 3 is 2.19 bits per heavy atom. The maximum atomic E-state index is 12.2. The van der Waals surface area contributed by atoms with E-state index in [1.165, 1.54) is 21.3 Å². The zero-order chi connectivity index (χ0) is 16.0. The van der Waals surface area contributed by atoms with Gasteiger partial charge in [0.05, 0.1) is 6.10 Å². The Bertz CT molecular complexity index is 529. The minimum atomic E-state index is -2.86. The van der Waals surface area contributed by atoms with Gasteiger partial charge in [0.1, 0.15) is 0 Å². The van der Waals surface area contributed by atoms with Crippen molar-refractivity contribution in [3.8, 4) is 11.5 Å². The largest absolute Gasteiger partial charge is 0.487 e. The van der Waals surface area contributed by atoms with Gasteiger partial charge in [0.15, 0.2) is 11.5 Å². The number of hydrogen-bond donors (Lipinski definition) is 0. The van der Waals surface area contributed by atoms with E-state index in [9.17, 15) is 4.79 Å². The number of carbonyl (C=O) groups is 1. The van der Waals surface area contributed by atoms with Gasteiger partial charge in [-0.3, -0.25) is 0 Å². The maximum Gasteiger partial charge on any atom is 0.422 e.